The highest BCUT2D eigenvalue weighted by molar-refractivity contribution is 9.10. The van der Waals surface area contributed by atoms with Crippen LogP contribution >= 0.6 is 15.9 Å². The maximum atomic E-state index is 12.2. The second-order valence-corrected chi connectivity index (χ2v) is 7.18. The van der Waals surface area contributed by atoms with Crippen molar-refractivity contribution in [1.29, 1.82) is 0 Å². The zero-order chi connectivity index (χ0) is 14.5. The lowest BCUT2D eigenvalue weighted by molar-refractivity contribution is 0.516. The highest BCUT2D eigenvalue weighted by Crippen LogP contribution is 2.20. The Balaban J connectivity index is 2.87. The number of benzene rings is 1. The molecule has 0 bridgehead atoms. The topological polar surface area (TPSA) is 72.2 Å². The van der Waals surface area contributed by atoms with Crippen LogP contribution in [0.25, 0.3) is 0 Å². The first kappa shape index (κ1) is 16.6. The van der Waals surface area contributed by atoms with Gasteiger partial charge in [-0.25, -0.2) is 13.1 Å². The number of halogens is 1. The molecule has 0 radical (unpaired) electrons. The Bertz CT molecular complexity index is 517. The molecule has 108 valence electrons. The van der Waals surface area contributed by atoms with Crippen LogP contribution in [-0.4, -0.2) is 21.0 Å². The van der Waals surface area contributed by atoms with Crippen LogP contribution < -0.4 is 10.5 Å². The lowest BCUT2D eigenvalue weighted by atomic mass is 10.1. The number of aryl methyl sites for hydroxylation is 1. The van der Waals surface area contributed by atoms with Gasteiger partial charge in [0.1, 0.15) is 0 Å². The summed E-state index contributed by atoms with van der Waals surface area (Å²) >= 11 is 3.35. The summed E-state index contributed by atoms with van der Waals surface area (Å²) in [5.41, 5.74) is 6.62. The van der Waals surface area contributed by atoms with Gasteiger partial charge in [0, 0.05) is 17.1 Å². The molecule has 0 aliphatic rings. The maximum Gasteiger partial charge on any atom is 0.240 e. The number of unbranched alkanes of at least 4 members (excludes halogenated alkanes) is 1. The summed E-state index contributed by atoms with van der Waals surface area (Å²) in [6, 6.07) is 4.80. The SMILES string of the molecule is CCCCC(CN)NS(=O)(=O)c1ccc(C)c(Br)c1. The fourth-order valence-corrected chi connectivity index (χ4v) is 3.54. The van der Waals surface area contributed by atoms with E-state index in [4.69, 9.17) is 5.73 Å². The van der Waals surface area contributed by atoms with Gasteiger partial charge in [0.05, 0.1) is 4.90 Å². The van der Waals surface area contributed by atoms with Crippen molar-refractivity contribution >= 4 is 26.0 Å². The van der Waals surface area contributed by atoms with Gasteiger partial charge in [-0.05, 0) is 31.0 Å². The molecule has 1 rings (SSSR count). The van der Waals surface area contributed by atoms with Crippen molar-refractivity contribution in [3.05, 3.63) is 28.2 Å². The van der Waals surface area contributed by atoms with Gasteiger partial charge in [-0.2, -0.15) is 0 Å². The van der Waals surface area contributed by atoms with Crippen LogP contribution in [0.1, 0.15) is 31.7 Å². The fourth-order valence-electron chi connectivity index (χ4n) is 1.70. The quantitative estimate of drug-likeness (QED) is 0.795. The molecule has 1 aromatic carbocycles. The van der Waals surface area contributed by atoms with Crippen LogP contribution in [0.2, 0.25) is 0 Å². The third-order valence-corrected chi connectivity index (χ3v) is 5.34. The van der Waals surface area contributed by atoms with Crippen molar-refractivity contribution in [2.45, 2.75) is 44.0 Å². The van der Waals surface area contributed by atoms with E-state index in [2.05, 4.69) is 27.6 Å². The van der Waals surface area contributed by atoms with Gasteiger partial charge in [-0.3, -0.25) is 0 Å². The maximum absolute atomic E-state index is 12.2. The van der Waals surface area contributed by atoms with Crippen molar-refractivity contribution in [1.82, 2.24) is 4.72 Å². The van der Waals surface area contributed by atoms with E-state index >= 15 is 0 Å². The predicted octanol–water partition coefficient (Wildman–Crippen LogP) is 2.55. The van der Waals surface area contributed by atoms with Crippen LogP contribution in [0.15, 0.2) is 27.6 Å². The molecule has 0 amide bonds. The standard InChI is InChI=1S/C13H21BrN2O2S/c1-3-4-5-11(9-15)16-19(17,18)12-7-6-10(2)13(14)8-12/h6-8,11,16H,3-5,9,15H2,1-2H3. The Morgan fingerprint density at radius 3 is 2.63 bits per heavy atom. The molecule has 0 fully saturated rings. The third-order valence-electron chi connectivity index (χ3n) is 2.97. The summed E-state index contributed by atoms with van der Waals surface area (Å²) in [5.74, 6) is 0. The molecule has 1 atom stereocenters. The van der Waals surface area contributed by atoms with Crippen LogP contribution in [0.5, 0.6) is 0 Å². The molecule has 0 saturated heterocycles. The lowest BCUT2D eigenvalue weighted by Crippen LogP contribution is -2.40. The molecule has 0 heterocycles. The van der Waals surface area contributed by atoms with Crippen LogP contribution in [0.3, 0.4) is 0 Å². The molecule has 0 spiro atoms. The normalized spacial score (nSPS) is 13.5. The van der Waals surface area contributed by atoms with Gasteiger partial charge in [0.2, 0.25) is 10.0 Å². The number of hydrogen-bond donors (Lipinski definition) is 2. The number of nitrogens with one attached hydrogen (secondary N) is 1. The summed E-state index contributed by atoms with van der Waals surface area (Å²) in [5, 5.41) is 0. The van der Waals surface area contributed by atoms with E-state index in [-0.39, 0.29) is 10.9 Å². The van der Waals surface area contributed by atoms with Crippen molar-refractivity contribution < 1.29 is 8.42 Å². The summed E-state index contributed by atoms with van der Waals surface area (Å²) < 4.78 is 27.9. The second kappa shape index (κ2) is 7.38. The molecule has 4 nitrogen and oxygen atoms in total. The predicted molar refractivity (Wildman–Crippen MR) is 81.6 cm³/mol. The van der Waals surface area contributed by atoms with E-state index in [9.17, 15) is 8.42 Å². The van der Waals surface area contributed by atoms with E-state index in [0.717, 1.165) is 29.3 Å². The van der Waals surface area contributed by atoms with Gasteiger partial charge in [0.15, 0.2) is 0 Å². The summed E-state index contributed by atoms with van der Waals surface area (Å²) in [6.45, 7) is 4.29. The van der Waals surface area contributed by atoms with E-state index < -0.39 is 10.0 Å². The molecule has 0 saturated carbocycles. The fraction of sp³-hybridized carbons (Fsp3) is 0.538. The molecule has 0 aliphatic heterocycles. The molecular formula is C13H21BrN2O2S. The molecule has 0 aliphatic carbocycles. The molecular weight excluding hydrogens is 328 g/mol. The average molecular weight is 349 g/mol. The van der Waals surface area contributed by atoms with E-state index in [1.165, 1.54) is 0 Å². The summed E-state index contributed by atoms with van der Waals surface area (Å²) in [7, 11) is -3.50. The smallest absolute Gasteiger partial charge is 0.240 e. The minimum atomic E-state index is -3.50. The van der Waals surface area contributed by atoms with Gasteiger partial charge < -0.3 is 5.73 Å². The molecule has 1 unspecified atom stereocenters. The van der Waals surface area contributed by atoms with Crippen molar-refractivity contribution in [2.75, 3.05) is 6.54 Å². The highest BCUT2D eigenvalue weighted by atomic mass is 79.9. The van der Waals surface area contributed by atoms with E-state index in [0.29, 0.717) is 6.54 Å². The molecule has 19 heavy (non-hydrogen) atoms. The first-order valence-electron chi connectivity index (χ1n) is 6.39. The van der Waals surface area contributed by atoms with Crippen LogP contribution in [0.4, 0.5) is 0 Å². The molecule has 3 N–H and O–H groups in total. The minimum absolute atomic E-state index is 0.204. The van der Waals surface area contributed by atoms with Gasteiger partial charge in [-0.15, -0.1) is 0 Å². The monoisotopic (exact) mass is 348 g/mol. The molecule has 6 heteroatoms. The largest absolute Gasteiger partial charge is 0.329 e. The average Bonchev–Trinajstić information content (AvgIpc) is 2.37. The van der Waals surface area contributed by atoms with Gasteiger partial charge in [-0.1, -0.05) is 41.8 Å². The summed E-state index contributed by atoms with van der Waals surface area (Å²) in [6.07, 6.45) is 2.75. The Morgan fingerprint density at radius 1 is 1.42 bits per heavy atom. The molecule has 1 aromatic rings. The van der Waals surface area contributed by atoms with Crippen molar-refractivity contribution in [2.24, 2.45) is 5.73 Å². The van der Waals surface area contributed by atoms with Crippen LogP contribution in [0, 0.1) is 6.92 Å². The number of nitrogens with two attached hydrogens (primary N) is 1. The van der Waals surface area contributed by atoms with Crippen molar-refractivity contribution in [3.8, 4) is 0 Å². The number of hydrogen-bond acceptors (Lipinski definition) is 3. The first-order chi connectivity index (χ1) is 8.90. The van der Waals surface area contributed by atoms with Gasteiger partial charge in [0.25, 0.3) is 0 Å². The number of rotatable bonds is 7. The Kier molecular flexibility index (Phi) is 6.46. The Hall–Kier alpha value is -0.430. The second-order valence-electron chi connectivity index (χ2n) is 4.61. The van der Waals surface area contributed by atoms with Gasteiger partial charge >= 0.3 is 0 Å². The number of sulfonamides is 1. The zero-order valence-electron chi connectivity index (χ0n) is 11.3. The van der Waals surface area contributed by atoms with E-state index in [1.54, 1.807) is 18.2 Å². The van der Waals surface area contributed by atoms with Crippen LogP contribution in [-0.2, 0) is 10.0 Å². The summed E-state index contributed by atoms with van der Waals surface area (Å²) in [4.78, 5) is 0.264. The highest BCUT2D eigenvalue weighted by Gasteiger charge is 2.19. The Morgan fingerprint density at radius 2 is 2.11 bits per heavy atom. The zero-order valence-corrected chi connectivity index (χ0v) is 13.7. The third kappa shape index (κ3) is 4.87. The molecule has 0 aromatic heterocycles. The van der Waals surface area contributed by atoms with Crippen molar-refractivity contribution in [3.63, 3.8) is 0 Å². The lowest BCUT2D eigenvalue weighted by Gasteiger charge is -2.17. The Labute approximate surface area is 124 Å². The minimum Gasteiger partial charge on any atom is -0.329 e. The van der Waals surface area contributed by atoms with E-state index in [1.807, 2.05) is 6.92 Å². The first-order valence-corrected chi connectivity index (χ1v) is 8.67.